The maximum absolute atomic E-state index is 11.3. The van der Waals surface area contributed by atoms with E-state index in [-0.39, 0.29) is 11.9 Å². The van der Waals surface area contributed by atoms with E-state index in [1.54, 1.807) is 0 Å². The number of nitrogens with zero attached hydrogens (tertiary/aromatic N) is 1. The number of unbranched alkanes of at least 4 members (excludes halogenated alkanes) is 1. The molecule has 0 saturated heterocycles. The van der Waals surface area contributed by atoms with Gasteiger partial charge in [0.25, 0.3) is 0 Å². The molecule has 80 valence electrons. The minimum Gasteiger partial charge on any atom is -0.340 e. The summed E-state index contributed by atoms with van der Waals surface area (Å²) in [4.78, 5) is 11.3. The van der Waals surface area contributed by atoms with E-state index >= 15 is 0 Å². The molecule has 1 amide bonds. The number of carbonyl (C=O) groups is 1. The van der Waals surface area contributed by atoms with Gasteiger partial charge in [-0.15, -0.1) is 0 Å². The van der Waals surface area contributed by atoms with Crippen LogP contribution in [0.4, 0.5) is 0 Å². The van der Waals surface area contributed by atoms with Crippen LogP contribution in [-0.4, -0.2) is 11.9 Å². The molecule has 1 unspecified atom stereocenters. The van der Waals surface area contributed by atoms with Crippen LogP contribution in [0.1, 0.15) is 46.5 Å². The van der Waals surface area contributed by atoms with Crippen LogP contribution in [0.5, 0.6) is 0 Å². The fourth-order valence-electron chi connectivity index (χ4n) is 1.22. The fourth-order valence-corrected chi connectivity index (χ4v) is 1.22. The molecule has 0 radical (unpaired) electrons. The van der Waals surface area contributed by atoms with Crippen LogP contribution in [0.25, 0.3) is 0 Å². The van der Waals surface area contributed by atoms with Gasteiger partial charge in [-0.2, -0.15) is 5.26 Å². The Morgan fingerprint density at radius 1 is 1.50 bits per heavy atom. The second-order valence-corrected chi connectivity index (χ2v) is 3.98. The van der Waals surface area contributed by atoms with Crippen LogP contribution in [0.2, 0.25) is 0 Å². The summed E-state index contributed by atoms with van der Waals surface area (Å²) in [5.74, 6) is 0.435. The van der Waals surface area contributed by atoms with Crippen LogP contribution < -0.4 is 5.32 Å². The molecular formula is C11H20N2O. The number of hydrogen-bond donors (Lipinski definition) is 1. The molecule has 0 aromatic heterocycles. The molecule has 1 atom stereocenters. The van der Waals surface area contributed by atoms with Crippen molar-refractivity contribution in [1.29, 1.82) is 5.26 Å². The van der Waals surface area contributed by atoms with Crippen LogP contribution in [0.3, 0.4) is 0 Å². The van der Waals surface area contributed by atoms with Gasteiger partial charge in [0.1, 0.15) is 6.04 Å². The van der Waals surface area contributed by atoms with Crippen molar-refractivity contribution in [3.8, 4) is 6.07 Å². The van der Waals surface area contributed by atoms with Gasteiger partial charge in [-0.05, 0) is 18.8 Å². The average Bonchev–Trinajstić information content (AvgIpc) is 2.12. The molecule has 3 heteroatoms. The Balaban J connectivity index is 3.82. The van der Waals surface area contributed by atoms with Crippen molar-refractivity contribution in [1.82, 2.24) is 5.32 Å². The molecule has 0 aliphatic heterocycles. The van der Waals surface area contributed by atoms with E-state index in [0.29, 0.717) is 12.3 Å². The Morgan fingerprint density at radius 3 is 2.57 bits per heavy atom. The molecule has 3 nitrogen and oxygen atoms in total. The lowest BCUT2D eigenvalue weighted by atomic mass is 10.0. The number of carbonyl (C=O) groups excluding carboxylic acids is 1. The molecule has 0 fully saturated rings. The maximum Gasteiger partial charge on any atom is 0.221 e. The van der Waals surface area contributed by atoms with Crippen LogP contribution >= 0.6 is 0 Å². The molecule has 0 saturated carbocycles. The van der Waals surface area contributed by atoms with Gasteiger partial charge in [0, 0.05) is 6.42 Å². The first-order valence-corrected chi connectivity index (χ1v) is 5.29. The van der Waals surface area contributed by atoms with E-state index in [2.05, 4.69) is 11.4 Å². The van der Waals surface area contributed by atoms with Gasteiger partial charge in [0.15, 0.2) is 0 Å². The monoisotopic (exact) mass is 196 g/mol. The van der Waals surface area contributed by atoms with Gasteiger partial charge in [-0.3, -0.25) is 4.79 Å². The Bertz CT molecular complexity index is 206. The Morgan fingerprint density at radius 2 is 2.14 bits per heavy atom. The Labute approximate surface area is 86.5 Å². The van der Waals surface area contributed by atoms with Gasteiger partial charge >= 0.3 is 0 Å². The normalized spacial score (nSPS) is 12.2. The third kappa shape index (κ3) is 6.47. The zero-order chi connectivity index (χ0) is 11.0. The highest BCUT2D eigenvalue weighted by atomic mass is 16.1. The van der Waals surface area contributed by atoms with E-state index in [9.17, 15) is 4.79 Å². The Hall–Kier alpha value is -1.04. The molecule has 1 N–H and O–H groups in total. The highest BCUT2D eigenvalue weighted by Crippen LogP contribution is 2.04. The summed E-state index contributed by atoms with van der Waals surface area (Å²) in [6.45, 7) is 6.13. The SMILES string of the molecule is CCCCC(=O)NC(C#N)CC(C)C. The molecule has 0 aliphatic rings. The lowest BCUT2D eigenvalue weighted by Crippen LogP contribution is -2.34. The third-order valence-electron chi connectivity index (χ3n) is 1.96. The Kier molecular flexibility index (Phi) is 6.82. The van der Waals surface area contributed by atoms with Crippen LogP contribution in [0.15, 0.2) is 0 Å². The van der Waals surface area contributed by atoms with Crippen molar-refractivity contribution in [3.05, 3.63) is 0 Å². The molecule has 0 bridgehead atoms. The highest BCUT2D eigenvalue weighted by Gasteiger charge is 2.12. The second kappa shape index (κ2) is 7.37. The van der Waals surface area contributed by atoms with Gasteiger partial charge in [0.05, 0.1) is 6.07 Å². The summed E-state index contributed by atoms with van der Waals surface area (Å²) in [5.41, 5.74) is 0. The summed E-state index contributed by atoms with van der Waals surface area (Å²) >= 11 is 0. The summed E-state index contributed by atoms with van der Waals surface area (Å²) in [7, 11) is 0. The second-order valence-electron chi connectivity index (χ2n) is 3.98. The fraction of sp³-hybridized carbons (Fsp3) is 0.818. The van der Waals surface area contributed by atoms with Gasteiger partial charge in [-0.25, -0.2) is 0 Å². The lowest BCUT2D eigenvalue weighted by Gasteiger charge is -2.13. The largest absolute Gasteiger partial charge is 0.340 e. The number of nitriles is 1. The molecule has 0 aromatic carbocycles. The molecule has 0 heterocycles. The summed E-state index contributed by atoms with van der Waals surface area (Å²) in [5, 5.41) is 11.5. The smallest absolute Gasteiger partial charge is 0.221 e. The van der Waals surface area contributed by atoms with E-state index < -0.39 is 0 Å². The first kappa shape index (κ1) is 13.0. The van der Waals surface area contributed by atoms with E-state index in [1.807, 2.05) is 20.8 Å². The predicted molar refractivity (Wildman–Crippen MR) is 56.5 cm³/mol. The molecule has 0 rings (SSSR count). The summed E-state index contributed by atoms with van der Waals surface area (Å²) in [6.07, 6.45) is 3.17. The minimum atomic E-state index is -0.320. The first-order valence-electron chi connectivity index (χ1n) is 5.29. The highest BCUT2D eigenvalue weighted by molar-refractivity contribution is 5.76. The zero-order valence-electron chi connectivity index (χ0n) is 9.34. The predicted octanol–water partition coefficient (Wildman–Crippen LogP) is 2.23. The molecular weight excluding hydrogens is 176 g/mol. The first-order chi connectivity index (χ1) is 6.60. The van der Waals surface area contributed by atoms with Crippen molar-refractivity contribution in [2.45, 2.75) is 52.5 Å². The van der Waals surface area contributed by atoms with Crippen LogP contribution in [-0.2, 0) is 4.79 Å². The van der Waals surface area contributed by atoms with Crippen molar-refractivity contribution in [2.75, 3.05) is 0 Å². The number of nitrogens with one attached hydrogen (secondary N) is 1. The quantitative estimate of drug-likeness (QED) is 0.708. The standard InChI is InChI=1S/C11H20N2O/c1-4-5-6-11(14)13-10(8-12)7-9(2)3/h9-10H,4-7H2,1-3H3,(H,13,14). The van der Waals surface area contributed by atoms with E-state index in [4.69, 9.17) is 5.26 Å². The average molecular weight is 196 g/mol. The van der Waals surface area contributed by atoms with Gasteiger partial charge in [-0.1, -0.05) is 27.2 Å². The van der Waals surface area contributed by atoms with Crippen molar-refractivity contribution in [3.63, 3.8) is 0 Å². The number of rotatable bonds is 6. The van der Waals surface area contributed by atoms with Gasteiger partial charge in [0.2, 0.25) is 5.91 Å². The van der Waals surface area contributed by atoms with Crippen molar-refractivity contribution < 1.29 is 4.79 Å². The minimum absolute atomic E-state index is 0.000880. The zero-order valence-corrected chi connectivity index (χ0v) is 9.34. The van der Waals surface area contributed by atoms with Crippen molar-refractivity contribution in [2.24, 2.45) is 5.92 Å². The summed E-state index contributed by atoms with van der Waals surface area (Å²) in [6, 6.07) is 1.79. The molecule has 0 aliphatic carbocycles. The van der Waals surface area contributed by atoms with E-state index in [0.717, 1.165) is 19.3 Å². The topological polar surface area (TPSA) is 52.9 Å². The van der Waals surface area contributed by atoms with Crippen molar-refractivity contribution >= 4 is 5.91 Å². The third-order valence-corrected chi connectivity index (χ3v) is 1.96. The molecule has 0 spiro atoms. The maximum atomic E-state index is 11.3. The van der Waals surface area contributed by atoms with Gasteiger partial charge < -0.3 is 5.32 Å². The molecule has 0 aromatic rings. The lowest BCUT2D eigenvalue weighted by molar-refractivity contribution is -0.121. The van der Waals surface area contributed by atoms with Crippen LogP contribution in [0, 0.1) is 17.2 Å². The molecule has 14 heavy (non-hydrogen) atoms. The number of hydrogen-bond acceptors (Lipinski definition) is 2. The van der Waals surface area contributed by atoms with E-state index in [1.165, 1.54) is 0 Å². The number of amides is 1. The summed E-state index contributed by atoms with van der Waals surface area (Å²) < 4.78 is 0.